The van der Waals surface area contributed by atoms with E-state index in [-0.39, 0.29) is 5.91 Å². The predicted molar refractivity (Wildman–Crippen MR) is 76.0 cm³/mol. The summed E-state index contributed by atoms with van der Waals surface area (Å²) in [5.74, 6) is 0.830. The molecule has 0 aliphatic heterocycles. The molecule has 0 atom stereocenters. The zero-order valence-corrected chi connectivity index (χ0v) is 11.6. The van der Waals surface area contributed by atoms with Gasteiger partial charge in [-0.15, -0.1) is 0 Å². The lowest BCUT2D eigenvalue weighted by Gasteiger charge is -2.10. The molecule has 0 bridgehead atoms. The number of hydrogen-bond acceptors (Lipinski definition) is 1. The lowest BCUT2D eigenvalue weighted by molar-refractivity contribution is -0.116. The van der Waals surface area contributed by atoms with Gasteiger partial charge in [0.2, 0.25) is 5.91 Å². The first-order valence-electron chi connectivity index (χ1n) is 6.71. The normalized spacial score (nSPS) is 15.9. The average molecular weight is 266 g/mol. The smallest absolute Gasteiger partial charge is 0.224 e. The highest BCUT2D eigenvalue weighted by molar-refractivity contribution is 6.33. The number of amides is 1. The third kappa shape index (κ3) is 3.74. The van der Waals surface area contributed by atoms with Crippen molar-refractivity contribution in [2.75, 3.05) is 5.32 Å². The van der Waals surface area contributed by atoms with E-state index in [9.17, 15) is 4.79 Å². The van der Waals surface area contributed by atoms with Crippen molar-refractivity contribution in [3.05, 3.63) is 28.8 Å². The quantitative estimate of drug-likeness (QED) is 0.850. The maximum Gasteiger partial charge on any atom is 0.224 e. The zero-order valence-electron chi connectivity index (χ0n) is 10.8. The van der Waals surface area contributed by atoms with E-state index >= 15 is 0 Å². The van der Waals surface area contributed by atoms with Gasteiger partial charge >= 0.3 is 0 Å². The first-order chi connectivity index (χ1) is 8.65. The summed E-state index contributed by atoms with van der Waals surface area (Å²) in [5, 5.41) is 3.51. The fourth-order valence-electron chi connectivity index (χ4n) is 2.57. The molecule has 1 aromatic rings. The van der Waals surface area contributed by atoms with Gasteiger partial charge < -0.3 is 5.32 Å². The molecule has 0 spiro atoms. The van der Waals surface area contributed by atoms with Crippen LogP contribution < -0.4 is 5.32 Å². The van der Waals surface area contributed by atoms with E-state index in [1.807, 2.05) is 25.1 Å². The van der Waals surface area contributed by atoms with Crippen molar-refractivity contribution in [2.24, 2.45) is 5.92 Å². The summed E-state index contributed by atoms with van der Waals surface area (Å²) in [7, 11) is 0. The largest absolute Gasteiger partial charge is 0.325 e. The fraction of sp³-hybridized carbons (Fsp3) is 0.533. The Bertz CT molecular complexity index is 425. The van der Waals surface area contributed by atoms with Gasteiger partial charge in [0.15, 0.2) is 0 Å². The molecular formula is C15H20ClNO. The number of hydrogen-bond donors (Lipinski definition) is 1. The molecule has 1 aliphatic rings. The molecule has 0 unspecified atom stereocenters. The van der Waals surface area contributed by atoms with Gasteiger partial charge in [-0.05, 0) is 37.0 Å². The van der Waals surface area contributed by atoms with Gasteiger partial charge in [0.05, 0.1) is 10.7 Å². The Labute approximate surface area is 114 Å². The van der Waals surface area contributed by atoms with Crippen LogP contribution in [0.25, 0.3) is 0 Å². The molecule has 0 saturated heterocycles. The molecule has 1 amide bonds. The van der Waals surface area contributed by atoms with Gasteiger partial charge in [-0.2, -0.15) is 0 Å². The van der Waals surface area contributed by atoms with Crippen molar-refractivity contribution in [3.8, 4) is 0 Å². The summed E-state index contributed by atoms with van der Waals surface area (Å²) in [6, 6.07) is 5.69. The standard InChI is InChI=1S/C15H20ClNO/c1-11-6-8-14(13(16)10-11)17-15(18)9-7-12-4-2-3-5-12/h6,8,10,12H,2-5,7,9H2,1H3,(H,17,18). The van der Waals surface area contributed by atoms with Gasteiger partial charge in [-0.1, -0.05) is 43.4 Å². The van der Waals surface area contributed by atoms with Crippen molar-refractivity contribution in [3.63, 3.8) is 0 Å². The molecule has 2 nitrogen and oxygen atoms in total. The van der Waals surface area contributed by atoms with Crippen LogP contribution in [0.2, 0.25) is 5.02 Å². The maximum absolute atomic E-state index is 11.8. The van der Waals surface area contributed by atoms with Crippen molar-refractivity contribution >= 4 is 23.2 Å². The van der Waals surface area contributed by atoms with E-state index in [0.29, 0.717) is 11.4 Å². The molecule has 1 saturated carbocycles. The van der Waals surface area contributed by atoms with Crippen LogP contribution in [0.5, 0.6) is 0 Å². The van der Waals surface area contributed by atoms with Crippen molar-refractivity contribution < 1.29 is 4.79 Å². The lowest BCUT2D eigenvalue weighted by atomic mass is 10.0. The van der Waals surface area contributed by atoms with E-state index in [1.165, 1.54) is 25.7 Å². The highest BCUT2D eigenvalue weighted by Crippen LogP contribution is 2.29. The molecule has 98 valence electrons. The molecule has 1 aromatic carbocycles. The van der Waals surface area contributed by atoms with Crippen molar-refractivity contribution in [2.45, 2.75) is 45.4 Å². The van der Waals surface area contributed by atoms with Gasteiger partial charge in [-0.25, -0.2) is 0 Å². The third-order valence-electron chi connectivity index (χ3n) is 3.65. The van der Waals surface area contributed by atoms with Crippen LogP contribution in [0.4, 0.5) is 5.69 Å². The zero-order chi connectivity index (χ0) is 13.0. The Morgan fingerprint density at radius 3 is 2.78 bits per heavy atom. The van der Waals surface area contributed by atoms with Crippen LogP contribution in [-0.2, 0) is 4.79 Å². The number of carbonyl (C=O) groups excluding carboxylic acids is 1. The molecule has 1 N–H and O–H groups in total. The number of anilines is 1. The van der Waals surface area contributed by atoms with Gasteiger partial charge in [0.25, 0.3) is 0 Å². The highest BCUT2D eigenvalue weighted by atomic mass is 35.5. The molecular weight excluding hydrogens is 246 g/mol. The number of aryl methyl sites for hydroxylation is 1. The number of carbonyl (C=O) groups is 1. The Kier molecular flexibility index (Phi) is 4.65. The number of nitrogens with one attached hydrogen (secondary N) is 1. The minimum Gasteiger partial charge on any atom is -0.325 e. The van der Waals surface area contributed by atoms with Crippen molar-refractivity contribution in [1.82, 2.24) is 0 Å². The summed E-state index contributed by atoms with van der Waals surface area (Å²) in [6.45, 7) is 1.98. The first-order valence-corrected chi connectivity index (χ1v) is 7.09. The van der Waals surface area contributed by atoms with Crippen LogP contribution in [-0.4, -0.2) is 5.91 Å². The maximum atomic E-state index is 11.8. The number of benzene rings is 1. The Hall–Kier alpha value is -1.02. The second-order valence-corrected chi connectivity index (χ2v) is 5.63. The third-order valence-corrected chi connectivity index (χ3v) is 3.97. The van der Waals surface area contributed by atoms with Gasteiger partial charge in [0, 0.05) is 6.42 Å². The van der Waals surface area contributed by atoms with E-state index in [2.05, 4.69) is 5.32 Å². The van der Waals surface area contributed by atoms with E-state index in [1.54, 1.807) is 0 Å². The second-order valence-electron chi connectivity index (χ2n) is 5.22. The SMILES string of the molecule is Cc1ccc(NC(=O)CCC2CCCC2)c(Cl)c1. The molecule has 1 aliphatic carbocycles. The summed E-state index contributed by atoms with van der Waals surface area (Å²) in [6.07, 6.45) is 6.85. The molecule has 0 radical (unpaired) electrons. The monoisotopic (exact) mass is 265 g/mol. The second kappa shape index (κ2) is 6.24. The highest BCUT2D eigenvalue weighted by Gasteiger charge is 2.16. The van der Waals surface area contributed by atoms with Crippen LogP contribution in [0, 0.1) is 12.8 Å². The Balaban J connectivity index is 1.82. The lowest BCUT2D eigenvalue weighted by Crippen LogP contribution is -2.13. The predicted octanol–water partition coefficient (Wildman–Crippen LogP) is 4.56. The van der Waals surface area contributed by atoms with Crippen LogP contribution in [0.1, 0.15) is 44.1 Å². The Morgan fingerprint density at radius 1 is 1.39 bits per heavy atom. The molecule has 1 fully saturated rings. The molecule has 18 heavy (non-hydrogen) atoms. The van der Waals surface area contributed by atoms with E-state index < -0.39 is 0 Å². The number of rotatable bonds is 4. The fourth-order valence-corrected chi connectivity index (χ4v) is 2.85. The minimum absolute atomic E-state index is 0.0765. The van der Waals surface area contributed by atoms with E-state index in [4.69, 9.17) is 11.6 Å². The molecule has 0 heterocycles. The first kappa shape index (κ1) is 13.4. The molecule has 2 rings (SSSR count). The van der Waals surface area contributed by atoms with Crippen LogP contribution in [0.3, 0.4) is 0 Å². The van der Waals surface area contributed by atoms with Crippen molar-refractivity contribution in [1.29, 1.82) is 0 Å². The van der Waals surface area contributed by atoms with Crippen LogP contribution >= 0.6 is 11.6 Å². The summed E-state index contributed by atoms with van der Waals surface area (Å²) < 4.78 is 0. The minimum atomic E-state index is 0.0765. The Morgan fingerprint density at radius 2 is 2.11 bits per heavy atom. The molecule has 0 aromatic heterocycles. The molecule has 3 heteroatoms. The van der Waals surface area contributed by atoms with E-state index in [0.717, 1.165) is 23.6 Å². The summed E-state index contributed by atoms with van der Waals surface area (Å²) >= 11 is 6.09. The summed E-state index contributed by atoms with van der Waals surface area (Å²) in [4.78, 5) is 11.8. The average Bonchev–Trinajstić information content (AvgIpc) is 2.83. The summed E-state index contributed by atoms with van der Waals surface area (Å²) in [5.41, 5.74) is 1.82. The van der Waals surface area contributed by atoms with Crippen LogP contribution in [0.15, 0.2) is 18.2 Å². The number of halogens is 1. The van der Waals surface area contributed by atoms with Gasteiger partial charge in [-0.3, -0.25) is 4.79 Å². The van der Waals surface area contributed by atoms with Gasteiger partial charge in [0.1, 0.15) is 0 Å². The topological polar surface area (TPSA) is 29.1 Å².